The first kappa shape index (κ1) is 18.3. The molecule has 0 bridgehead atoms. The molecule has 0 aliphatic carbocycles. The highest BCUT2D eigenvalue weighted by molar-refractivity contribution is 5.49. The summed E-state index contributed by atoms with van der Waals surface area (Å²) in [5.74, 6) is 0. The molecule has 134 valence electrons. The molecular weight excluding hydrogens is 318 g/mol. The molecule has 5 N–H and O–H groups in total. The lowest BCUT2D eigenvalue weighted by atomic mass is 9.77. The van der Waals surface area contributed by atoms with Crippen LogP contribution >= 0.6 is 0 Å². The van der Waals surface area contributed by atoms with Gasteiger partial charge in [-0.25, -0.2) is 0 Å². The number of rotatable bonds is 8. The Kier molecular flexibility index (Phi) is 6.18. The van der Waals surface area contributed by atoms with Gasteiger partial charge in [0.1, 0.15) is 0 Å². The molecule has 0 fully saturated rings. The molecule has 0 heterocycles. The molecule has 0 aliphatic rings. The van der Waals surface area contributed by atoms with Crippen LogP contribution in [0.3, 0.4) is 0 Å². The fraction of sp³-hybridized carbons (Fsp3) is 0.217. The molecule has 3 rings (SSSR count). The van der Waals surface area contributed by atoms with Crippen LogP contribution in [0.5, 0.6) is 0 Å². The molecule has 1 unspecified atom stereocenters. The Morgan fingerprint density at radius 2 is 1.08 bits per heavy atom. The van der Waals surface area contributed by atoms with Gasteiger partial charge in [-0.05, 0) is 29.7 Å². The first-order valence-corrected chi connectivity index (χ1v) is 9.14. The maximum Gasteiger partial charge on any atom is 0.0948 e. The summed E-state index contributed by atoms with van der Waals surface area (Å²) in [7, 11) is 0. The molecule has 3 aromatic carbocycles. The lowest BCUT2D eigenvalue weighted by Crippen LogP contribution is -2.49. The molecule has 0 radical (unpaired) electrons. The van der Waals surface area contributed by atoms with E-state index >= 15 is 0 Å². The summed E-state index contributed by atoms with van der Waals surface area (Å²) in [5.41, 5.74) is 15.1. The van der Waals surface area contributed by atoms with E-state index in [0.717, 1.165) is 6.42 Å². The van der Waals surface area contributed by atoms with Gasteiger partial charge in [0.15, 0.2) is 0 Å². The fourth-order valence-electron chi connectivity index (χ4n) is 3.47. The van der Waals surface area contributed by atoms with Gasteiger partial charge in [-0.3, -0.25) is 5.32 Å². The Bertz CT molecular complexity index is 676. The third-order valence-corrected chi connectivity index (χ3v) is 4.79. The quantitative estimate of drug-likeness (QED) is 0.549. The Morgan fingerprint density at radius 1 is 0.692 bits per heavy atom. The van der Waals surface area contributed by atoms with Crippen molar-refractivity contribution in [3.05, 3.63) is 108 Å². The van der Waals surface area contributed by atoms with Gasteiger partial charge >= 0.3 is 0 Å². The van der Waals surface area contributed by atoms with E-state index in [-0.39, 0.29) is 6.04 Å². The second kappa shape index (κ2) is 8.77. The second-order valence-electron chi connectivity index (χ2n) is 6.57. The molecule has 0 saturated carbocycles. The third-order valence-electron chi connectivity index (χ3n) is 4.79. The van der Waals surface area contributed by atoms with E-state index in [1.165, 1.54) is 16.7 Å². The molecule has 3 nitrogen and oxygen atoms in total. The van der Waals surface area contributed by atoms with E-state index in [1.54, 1.807) is 0 Å². The average Bonchev–Trinajstić information content (AvgIpc) is 2.71. The van der Waals surface area contributed by atoms with Crippen molar-refractivity contribution >= 4 is 0 Å². The first-order chi connectivity index (χ1) is 12.8. The van der Waals surface area contributed by atoms with Crippen molar-refractivity contribution in [2.45, 2.75) is 18.0 Å². The lowest BCUT2D eigenvalue weighted by Gasteiger charge is -2.38. The first-order valence-electron chi connectivity index (χ1n) is 9.14. The zero-order valence-electron chi connectivity index (χ0n) is 15.0. The minimum atomic E-state index is -0.462. The van der Waals surface area contributed by atoms with Crippen molar-refractivity contribution in [1.29, 1.82) is 0 Å². The summed E-state index contributed by atoms with van der Waals surface area (Å²) in [6.45, 7) is 1.27. The van der Waals surface area contributed by atoms with Gasteiger partial charge in [0.2, 0.25) is 0 Å². The molecule has 26 heavy (non-hydrogen) atoms. The molecule has 0 spiro atoms. The van der Waals surface area contributed by atoms with Crippen LogP contribution in [0.25, 0.3) is 0 Å². The van der Waals surface area contributed by atoms with Crippen molar-refractivity contribution in [3.8, 4) is 0 Å². The fourth-order valence-corrected chi connectivity index (χ4v) is 3.47. The van der Waals surface area contributed by atoms with Gasteiger partial charge in [0.05, 0.1) is 5.54 Å². The Labute approximate surface area is 156 Å². The van der Waals surface area contributed by atoms with Crippen LogP contribution in [0, 0.1) is 0 Å². The minimum absolute atomic E-state index is 0.00973. The molecule has 3 heteroatoms. The van der Waals surface area contributed by atoms with E-state index in [2.05, 4.69) is 78.1 Å². The zero-order valence-corrected chi connectivity index (χ0v) is 15.0. The molecule has 0 aromatic heterocycles. The molecule has 0 saturated heterocycles. The van der Waals surface area contributed by atoms with Gasteiger partial charge in [-0.15, -0.1) is 0 Å². The maximum atomic E-state index is 6.28. The molecule has 1 atom stereocenters. The van der Waals surface area contributed by atoms with Gasteiger partial charge in [0, 0.05) is 12.6 Å². The third kappa shape index (κ3) is 3.86. The Hall–Kier alpha value is -2.46. The van der Waals surface area contributed by atoms with Crippen LogP contribution in [0.2, 0.25) is 0 Å². The molecule has 0 amide bonds. The highest BCUT2D eigenvalue weighted by atomic mass is 15.0. The Morgan fingerprint density at radius 3 is 1.42 bits per heavy atom. The lowest BCUT2D eigenvalue weighted by molar-refractivity contribution is 0.435. The summed E-state index contributed by atoms with van der Waals surface area (Å²) in [6.07, 6.45) is 0.793. The average molecular weight is 345 g/mol. The van der Waals surface area contributed by atoms with Crippen molar-refractivity contribution in [2.24, 2.45) is 11.5 Å². The van der Waals surface area contributed by atoms with Crippen molar-refractivity contribution in [2.75, 3.05) is 13.1 Å². The van der Waals surface area contributed by atoms with Crippen LogP contribution in [0.4, 0.5) is 0 Å². The number of benzene rings is 3. The zero-order chi connectivity index (χ0) is 18.2. The smallest absolute Gasteiger partial charge is 0.0948 e. The second-order valence-corrected chi connectivity index (χ2v) is 6.57. The van der Waals surface area contributed by atoms with Crippen LogP contribution in [-0.2, 0) is 5.54 Å². The van der Waals surface area contributed by atoms with E-state index in [9.17, 15) is 0 Å². The van der Waals surface area contributed by atoms with Crippen LogP contribution in [0.1, 0.15) is 23.1 Å². The predicted molar refractivity (Wildman–Crippen MR) is 109 cm³/mol. The molecule has 3 aromatic rings. The SMILES string of the molecule is NCCC(N)CNC(c1ccccc1)(c1ccccc1)c1ccccc1. The van der Waals surface area contributed by atoms with E-state index < -0.39 is 5.54 Å². The maximum absolute atomic E-state index is 6.28. The topological polar surface area (TPSA) is 64.1 Å². The van der Waals surface area contributed by atoms with Gasteiger partial charge in [0.25, 0.3) is 0 Å². The van der Waals surface area contributed by atoms with Crippen LogP contribution in [-0.4, -0.2) is 19.1 Å². The number of hydrogen-bond acceptors (Lipinski definition) is 3. The summed E-state index contributed by atoms with van der Waals surface area (Å²) >= 11 is 0. The normalized spacial score (nSPS) is 12.7. The van der Waals surface area contributed by atoms with E-state index in [1.807, 2.05) is 18.2 Å². The highest BCUT2D eigenvalue weighted by Gasteiger charge is 2.35. The summed E-state index contributed by atoms with van der Waals surface area (Å²) in [6, 6.07) is 31.6. The molecular formula is C23H27N3. The van der Waals surface area contributed by atoms with Gasteiger partial charge < -0.3 is 11.5 Å². The van der Waals surface area contributed by atoms with Crippen molar-refractivity contribution in [3.63, 3.8) is 0 Å². The van der Waals surface area contributed by atoms with Gasteiger partial charge in [-0.2, -0.15) is 0 Å². The monoisotopic (exact) mass is 345 g/mol. The number of hydrogen-bond donors (Lipinski definition) is 3. The highest BCUT2D eigenvalue weighted by Crippen LogP contribution is 2.36. The summed E-state index contributed by atoms with van der Waals surface area (Å²) < 4.78 is 0. The molecule has 0 aliphatic heterocycles. The summed E-state index contributed by atoms with van der Waals surface area (Å²) in [4.78, 5) is 0. The minimum Gasteiger partial charge on any atom is -0.330 e. The van der Waals surface area contributed by atoms with Crippen LogP contribution < -0.4 is 16.8 Å². The van der Waals surface area contributed by atoms with Crippen LogP contribution in [0.15, 0.2) is 91.0 Å². The van der Waals surface area contributed by atoms with Crippen molar-refractivity contribution in [1.82, 2.24) is 5.32 Å². The Balaban J connectivity index is 2.15. The summed E-state index contributed by atoms with van der Waals surface area (Å²) in [5, 5.41) is 3.79. The number of nitrogens with one attached hydrogen (secondary N) is 1. The van der Waals surface area contributed by atoms with E-state index in [0.29, 0.717) is 13.1 Å². The van der Waals surface area contributed by atoms with Crippen molar-refractivity contribution < 1.29 is 0 Å². The predicted octanol–water partition coefficient (Wildman–Crippen LogP) is 3.24. The standard InChI is InChI=1S/C23H27N3/c24-17-16-22(25)18-26-23(19-10-4-1-5-11-19,20-12-6-2-7-13-20)21-14-8-3-9-15-21/h1-15,22,26H,16-18,24-25H2. The number of nitrogens with two attached hydrogens (primary N) is 2. The van der Waals surface area contributed by atoms with E-state index in [4.69, 9.17) is 11.5 Å². The van der Waals surface area contributed by atoms with Gasteiger partial charge in [-0.1, -0.05) is 91.0 Å². The largest absolute Gasteiger partial charge is 0.330 e.